The fourth-order valence-corrected chi connectivity index (χ4v) is 6.10. The lowest BCUT2D eigenvalue weighted by Gasteiger charge is -2.25. The van der Waals surface area contributed by atoms with Crippen LogP contribution in [0, 0.1) is 0 Å². The van der Waals surface area contributed by atoms with Crippen LogP contribution in [-0.2, 0) is 19.4 Å². The molecule has 1 aliphatic rings. The van der Waals surface area contributed by atoms with E-state index < -0.39 is 9.84 Å². The van der Waals surface area contributed by atoms with Crippen LogP contribution in [0.2, 0.25) is 0 Å². The molecule has 4 rings (SSSR count). The summed E-state index contributed by atoms with van der Waals surface area (Å²) in [6.45, 7) is 6.63. The number of aromatic nitrogens is 1. The molecule has 0 radical (unpaired) electrons. The van der Waals surface area contributed by atoms with Crippen LogP contribution in [0.25, 0.3) is 10.2 Å². The number of hydrogen-bond donors (Lipinski definition) is 0. The molecule has 0 aliphatic carbocycles. The van der Waals surface area contributed by atoms with E-state index >= 15 is 0 Å². The van der Waals surface area contributed by atoms with Gasteiger partial charge >= 0.3 is 0 Å². The largest absolute Gasteiger partial charge is 0.302 e. The number of carbonyl (C=O) groups excluding carboxylic acids is 3. The topological polar surface area (TPSA) is 108 Å². The highest BCUT2D eigenvalue weighted by atomic mass is 32.2. The number of fused-ring (bicyclic) bond motifs is 1. The van der Waals surface area contributed by atoms with Gasteiger partial charge in [-0.25, -0.2) is 13.4 Å². The molecule has 3 amide bonds. The third kappa shape index (κ3) is 5.18. The lowest BCUT2D eigenvalue weighted by molar-refractivity contribution is -0.121. The van der Waals surface area contributed by atoms with E-state index in [9.17, 15) is 22.8 Å². The first-order chi connectivity index (χ1) is 17.1. The van der Waals surface area contributed by atoms with E-state index in [0.29, 0.717) is 39.7 Å². The summed E-state index contributed by atoms with van der Waals surface area (Å²) in [5, 5.41) is 0.386. The normalized spacial score (nSPS) is 14.3. The Hall–Kier alpha value is -3.15. The molecule has 0 bridgehead atoms. The van der Waals surface area contributed by atoms with Gasteiger partial charge in [-0.05, 0) is 43.4 Å². The highest BCUT2D eigenvalue weighted by Crippen LogP contribution is 2.34. The Morgan fingerprint density at radius 1 is 1.03 bits per heavy atom. The molecule has 11 heteroatoms. The smallest absolute Gasteiger partial charge is 0.260 e. The number of nitrogens with zero attached hydrogens (tertiary/aromatic N) is 4. The zero-order chi connectivity index (χ0) is 26.0. The van der Waals surface area contributed by atoms with Crippen LogP contribution in [-0.4, -0.2) is 68.5 Å². The van der Waals surface area contributed by atoms with Crippen LogP contribution >= 0.6 is 11.3 Å². The monoisotopic (exact) mass is 528 g/mol. The van der Waals surface area contributed by atoms with Crippen molar-refractivity contribution in [3.8, 4) is 0 Å². The van der Waals surface area contributed by atoms with Gasteiger partial charge in [0.1, 0.15) is 5.52 Å². The van der Waals surface area contributed by atoms with E-state index in [0.717, 1.165) is 24.2 Å². The van der Waals surface area contributed by atoms with Gasteiger partial charge in [0.15, 0.2) is 15.0 Å². The van der Waals surface area contributed by atoms with Crippen molar-refractivity contribution in [1.29, 1.82) is 0 Å². The van der Waals surface area contributed by atoms with Crippen molar-refractivity contribution in [1.82, 2.24) is 9.88 Å². The van der Waals surface area contributed by atoms with Crippen LogP contribution in [0.5, 0.6) is 0 Å². The van der Waals surface area contributed by atoms with Crippen molar-refractivity contribution in [2.24, 2.45) is 0 Å². The van der Waals surface area contributed by atoms with Gasteiger partial charge in [-0.1, -0.05) is 37.3 Å². The van der Waals surface area contributed by atoms with Gasteiger partial charge in [-0.3, -0.25) is 24.2 Å². The van der Waals surface area contributed by atoms with Gasteiger partial charge in [0, 0.05) is 37.8 Å². The summed E-state index contributed by atoms with van der Waals surface area (Å²) < 4.78 is 25.3. The van der Waals surface area contributed by atoms with Gasteiger partial charge in [0.25, 0.3) is 5.91 Å². The van der Waals surface area contributed by atoms with Crippen molar-refractivity contribution >= 4 is 59.9 Å². The van der Waals surface area contributed by atoms with Crippen molar-refractivity contribution in [2.45, 2.75) is 31.6 Å². The fraction of sp³-hybridized carbons (Fsp3) is 0.360. The van der Waals surface area contributed by atoms with Crippen molar-refractivity contribution in [3.05, 3.63) is 48.0 Å². The number of imide groups is 1. The molecule has 0 saturated carbocycles. The third-order valence-corrected chi connectivity index (χ3v) is 8.36. The summed E-state index contributed by atoms with van der Waals surface area (Å²) in [7, 11) is -3.51. The second-order valence-electron chi connectivity index (χ2n) is 8.53. The number of likely N-dealkylation sites (N-methyl/N-ethyl adjacent to an activating group) is 1. The van der Waals surface area contributed by atoms with Crippen LogP contribution in [0.1, 0.15) is 37.0 Å². The molecule has 0 spiro atoms. The Morgan fingerprint density at radius 3 is 2.33 bits per heavy atom. The first-order valence-corrected chi connectivity index (χ1v) is 14.4. The number of rotatable bonds is 9. The fourth-order valence-electron chi connectivity index (χ4n) is 4.19. The van der Waals surface area contributed by atoms with Gasteiger partial charge in [0.2, 0.25) is 11.8 Å². The molecule has 36 heavy (non-hydrogen) atoms. The van der Waals surface area contributed by atoms with Gasteiger partial charge in [-0.2, -0.15) is 0 Å². The Morgan fingerprint density at radius 2 is 1.69 bits per heavy atom. The van der Waals surface area contributed by atoms with Crippen molar-refractivity contribution < 1.29 is 22.8 Å². The summed E-state index contributed by atoms with van der Waals surface area (Å²) in [6.07, 6.45) is 1.44. The van der Waals surface area contributed by atoms with Gasteiger partial charge < -0.3 is 4.90 Å². The van der Waals surface area contributed by atoms with E-state index in [4.69, 9.17) is 0 Å². The molecule has 1 saturated heterocycles. The highest BCUT2D eigenvalue weighted by molar-refractivity contribution is 7.91. The van der Waals surface area contributed by atoms with E-state index in [-0.39, 0.29) is 35.5 Å². The summed E-state index contributed by atoms with van der Waals surface area (Å²) >= 11 is 1.25. The number of thiazole rings is 1. The summed E-state index contributed by atoms with van der Waals surface area (Å²) in [5.74, 6) is -0.923. The first kappa shape index (κ1) is 25.9. The number of anilines is 2. The number of carbonyl (C=O) groups is 3. The van der Waals surface area contributed by atoms with Crippen LogP contribution in [0.4, 0.5) is 10.8 Å². The second-order valence-corrected chi connectivity index (χ2v) is 11.5. The summed E-state index contributed by atoms with van der Waals surface area (Å²) in [4.78, 5) is 47.8. The van der Waals surface area contributed by atoms with Crippen LogP contribution in [0.15, 0.2) is 47.4 Å². The minimum atomic E-state index is -3.51. The summed E-state index contributed by atoms with van der Waals surface area (Å²) in [6, 6.07) is 11.4. The average Bonchev–Trinajstić information content (AvgIpc) is 3.43. The Balaban J connectivity index is 1.75. The number of benzene rings is 2. The molecule has 1 aliphatic heterocycles. The Labute approximate surface area is 214 Å². The molecule has 2 heterocycles. The first-order valence-electron chi connectivity index (χ1n) is 11.7. The standard InChI is InChI=1S/C25H28N4O5S2/c1-4-27(5-2)14-15-28(25-26-23-19(35-25)10-7-11-20(23)36(3,33)34)24(32)17-8-6-9-18(16-17)29-21(30)12-13-22(29)31/h6-11,16H,4-5,12-15H2,1-3H3. The quantitative estimate of drug-likeness (QED) is 0.392. The van der Waals surface area contributed by atoms with E-state index in [1.165, 1.54) is 17.4 Å². The maximum atomic E-state index is 13.8. The molecule has 190 valence electrons. The van der Waals surface area contributed by atoms with Crippen molar-refractivity contribution in [3.63, 3.8) is 0 Å². The molecular formula is C25H28N4O5S2. The number of sulfone groups is 1. The SMILES string of the molecule is CCN(CC)CCN(C(=O)c1cccc(N2C(=O)CCC2=O)c1)c1nc2c(S(C)(=O)=O)cccc2s1. The molecule has 1 fully saturated rings. The maximum Gasteiger partial charge on any atom is 0.260 e. The van der Waals surface area contributed by atoms with Gasteiger partial charge in [-0.15, -0.1) is 0 Å². The number of amides is 3. The molecule has 0 atom stereocenters. The summed E-state index contributed by atoms with van der Waals surface area (Å²) in [5.41, 5.74) is 1.01. The molecule has 1 aromatic heterocycles. The molecule has 9 nitrogen and oxygen atoms in total. The minimum absolute atomic E-state index is 0.117. The lowest BCUT2D eigenvalue weighted by Crippen LogP contribution is -2.39. The number of para-hydroxylation sites is 1. The van der Waals surface area contributed by atoms with Gasteiger partial charge in [0.05, 0.1) is 15.3 Å². The molecule has 2 aromatic carbocycles. The Bertz CT molecular complexity index is 1410. The molecule has 0 N–H and O–H groups in total. The van der Waals surface area contributed by atoms with E-state index in [2.05, 4.69) is 9.88 Å². The second kappa shape index (κ2) is 10.5. The predicted molar refractivity (Wildman–Crippen MR) is 140 cm³/mol. The Kier molecular flexibility index (Phi) is 7.53. The maximum absolute atomic E-state index is 13.8. The van der Waals surface area contributed by atoms with Crippen molar-refractivity contribution in [2.75, 3.05) is 42.2 Å². The van der Waals surface area contributed by atoms with E-state index in [1.54, 1.807) is 41.3 Å². The number of hydrogen-bond acceptors (Lipinski definition) is 8. The molecular weight excluding hydrogens is 500 g/mol. The van der Waals surface area contributed by atoms with Crippen LogP contribution < -0.4 is 9.80 Å². The zero-order valence-corrected chi connectivity index (χ0v) is 22.1. The zero-order valence-electron chi connectivity index (χ0n) is 20.4. The average molecular weight is 529 g/mol. The molecule has 0 unspecified atom stereocenters. The minimum Gasteiger partial charge on any atom is -0.302 e. The highest BCUT2D eigenvalue weighted by Gasteiger charge is 2.31. The third-order valence-electron chi connectivity index (χ3n) is 6.18. The van der Waals surface area contributed by atoms with Crippen LogP contribution in [0.3, 0.4) is 0 Å². The van der Waals surface area contributed by atoms with E-state index in [1.807, 2.05) is 13.8 Å². The molecule has 3 aromatic rings. The lowest BCUT2D eigenvalue weighted by atomic mass is 10.1. The predicted octanol–water partition coefficient (Wildman–Crippen LogP) is 3.34.